The topological polar surface area (TPSA) is 17.1 Å². The molecule has 0 unspecified atom stereocenters. The number of rotatable bonds is 3. The van der Waals surface area contributed by atoms with E-state index in [-0.39, 0.29) is 17.2 Å². The molecule has 2 rings (SSSR count). The van der Waals surface area contributed by atoms with Gasteiger partial charge in [0.15, 0.2) is 5.78 Å². The molecule has 82 valence electrons. The number of ketones is 1. The van der Waals surface area contributed by atoms with Crippen molar-refractivity contribution in [3.8, 4) is 0 Å². The van der Waals surface area contributed by atoms with Crippen LogP contribution < -0.4 is 0 Å². The molecule has 4 heteroatoms. The van der Waals surface area contributed by atoms with Crippen molar-refractivity contribution in [2.24, 2.45) is 0 Å². The Bertz CT molecular complexity index is 508. The van der Waals surface area contributed by atoms with Gasteiger partial charge in [-0.2, -0.15) is 11.3 Å². The summed E-state index contributed by atoms with van der Waals surface area (Å²) in [6, 6.07) is 6.24. The first-order valence-electron chi connectivity index (χ1n) is 4.67. The molecule has 1 aromatic heterocycles. The summed E-state index contributed by atoms with van der Waals surface area (Å²) in [7, 11) is 0. The lowest BCUT2D eigenvalue weighted by Gasteiger charge is -2.03. The van der Waals surface area contributed by atoms with E-state index in [1.54, 1.807) is 23.6 Å². The second-order valence-corrected chi connectivity index (χ2v) is 4.48. The molecular weight excluding hydrogens is 247 g/mol. The van der Waals surface area contributed by atoms with E-state index < -0.39 is 5.82 Å². The highest BCUT2D eigenvalue weighted by Crippen LogP contribution is 2.21. The Morgan fingerprint density at radius 3 is 2.88 bits per heavy atom. The molecular formula is C12H8ClFOS. The smallest absolute Gasteiger partial charge is 0.168 e. The van der Waals surface area contributed by atoms with Gasteiger partial charge >= 0.3 is 0 Å². The van der Waals surface area contributed by atoms with Crippen molar-refractivity contribution in [1.82, 2.24) is 0 Å². The minimum Gasteiger partial charge on any atom is -0.294 e. The molecule has 0 aliphatic heterocycles. The average Bonchev–Trinajstić information content (AvgIpc) is 2.78. The van der Waals surface area contributed by atoms with E-state index in [1.165, 1.54) is 17.4 Å². The highest BCUT2D eigenvalue weighted by atomic mass is 35.5. The summed E-state index contributed by atoms with van der Waals surface area (Å²) in [4.78, 5) is 11.8. The maximum absolute atomic E-state index is 13.1. The van der Waals surface area contributed by atoms with Crippen molar-refractivity contribution in [2.45, 2.75) is 6.42 Å². The second-order valence-electron chi connectivity index (χ2n) is 3.32. The number of thiophene rings is 1. The Kier molecular flexibility index (Phi) is 3.36. The van der Waals surface area contributed by atoms with Crippen molar-refractivity contribution >= 4 is 28.7 Å². The zero-order chi connectivity index (χ0) is 11.5. The molecule has 0 aliphatic carbocycles. The number of carbonyl (C=O) groups is 1. The van der Waals surface area contributed by atoms with Gasteiger partial charge in [0.25, 0.3) is 0 Å². The van der Waals surface area contributed by atoms with Crippen LogP contribution in [-0.4, -0.2) is 5.78 Å². The predicted molar refractivity (Wildman–Crippen MR) is 63.8 cm³/mol. The van der Waals surface area contributed by atoms with E-state index >= 15 is 0 Å². The quantitative estimate of drug-likeness (QED) is 0.758. The van der Waals surface area contributed by atoms with Crippen LogP contribution >= 0.6 is 22.9 Å². The standard InChI is InChI=1S/C12H8ClFOS/c13-12-8(2-1-3-10(12)14)6-11(15)9-4-5-16-7-9/h1-5,7H,6H2. The lowest BCUT2D eigenvalue weighted by Crippen LogP contribution is -2.03. The van der Waals surface area contributed by atoms with E-state index in [1.807, 2.05) is 5.38 Å². The maximum atomic E-state index is 13.1. The van der Waals surface area contributed by atoms with Gasteiger partial charge in [-0.3, -0.25) is 4.79 Å². The van der Waals surface area contributed by atoms with Crippen LogP contribution in [0.1, 0.15) is 15.9 Å². The van der Waals surface area contributed by atoms with E-state index in [9.17, 15) is 9.18 Å². The minimum atomic E-state index is -0.489. The van der Waals surface area contributed by atoms with Crippen LogP contribution in [-0.2, 0) is 6.42 Å². The molecule has 0 spiro atoms. The molecule has 0 bridgehead atoms. The fraction of sp³-hybridized carbons (Fsp3) is 0.0833. The van der Waals surface area contributed by atoms with Crippen molar-refractivity contribution in [1.29, 1.82) is 0 Å². The average molecular weight is 255 g/mol. The largest absolute Gasteiger partial charge is 0.294 e. The normalized spacial score (nSPS) is 10.4. The van der Waals surface area contributed by atoms with Crippen LogP contribution in [0.25, 0.3) is 0 Å². The minimum absolute atomic E-state index is 0.0334. The molecule has 0 radical (unpaired) electrons. The highest BCUT2D eigenvalue weighted by Gasteiger charge is 2.11. The zero-order valence-corrected chi connectivity index (χ0v) is 9.82. The van der Waals surface area contributed by atoms with Gasteiger partial charge in [0.1, 0.15) is 5.82 Å². The first kappa shape index (κ1) is 11.3. The third-order valence-electron chi connectivity index (χ3n) is 2.23. The van der Waals surface area contributed by atoms with Crippen LogP contribution in [0, 0.1) is 5.82 Å². The van der Waals surface area contributed by atoms with Gasteiger partial charge in [0.05, 0.1) is 5.02 Å². The lowest BCUT2D eigenvalue weighted by molar-refractivity contribution is 0.0993. The zero-order valence-electron chi connectivity index (χ0n) is 8.24. The van der Waals surface area contributed by atoms with Gasteiger partial charge in [-0.25, -0.2) is 4.39 Å². The molecule has 1 nitrogen and oxygen atoms in total. The Morgan fingerprint density at radius 1 is 1.38 bits per heavy atom. The van der Waals surface area contributed by atoms with Gasteiger partial charge in [0.2, 0.25) is 0 Å². The van der Waals surface area contributed by atoms with Crippen LogP contribution in [0.2, 0.25) is 5.02 Å². The molecule has 0 atom stereocenters. The predicted octanol–water partition coefficient (Wildman–Crippen LogP) is 3.97. The molecule has 16 heavy (non-hydrogen) atoms. The summed E-state index contributed by atoms with van der Waals surface area (Å²) >= 11 is 7.23. The number of halogens is 2. The molecule has 0 aliphatic rings. The van der Waals surface area contributed by atoms with Crippen molar-refractivity contribution in [2.75, 3.05) is 0 Å². The molecule has 0 N–H and O–H groups in total. The first-order chi connectivity index (χ1) is 7.68. The Hall–Kier alpha value is -1.19. The molecule has 1 heterocycles. The van der Waals surface area contributed by atoms with E-state index in [0.29, 0.717) is 11.1 Å². The fourth-order valence-corrected chi connectivity index (χ4v) is 2.24. The maximum Gasteiger partial charge on any atom is 0.168 e. The van der Waals surface area contributed by atoms with Gasteiger partial charge in [0, 0.05) is 17.4 Å². The summed E-state index contributed by atoms with van der Waals surface area (Å²) in [5.74, 6) is -0.536. The third kappa shape index (κ3) is 2.31. The summed E-state index contributed by atoms with van der Waals surface area (Å²) in [6.07, 6.45) is 0.132. The second kappa shape index (κ2) is 4.76. The Balaban J connectivity index is 2.22. The molecule has 1 aromatic carbocycles. The van der Waals surface area contributed by atoms with Gasteiger partial charge in [-0.15, -0.1) is 0 Å². The van der Waals surface area contributed by atoms with Gasteiger partial charge < -0.3 is 0 Å². The van der Waals surface area contributed by atoms with E-state index in [0.717, 1.165) is 0 Å². The van der Waals surface area contributed by atoms with Crippen LogP contribution in [0.5, 0.6) is 0 Å². The molecule has 2 aromatic rings. The molecule has 0 saturated carbocycles. The SMILES string of the molecule is O=C(Cc1cccc(F)c1Cl)c1ccsc1. The first-order valence-corrected chi connectivity index (χ1v) is 5.99. The molecule has 0 saturated heterocycles. The third-order valence-corrected chi connectivity index (χ3v) is 3.33. The van der Waals surface area contributed by atoms with Crippen LogP contribution in [0.4, 0.5) is 4.39 Å². The number of hydrogen-bond acceptors (Lipinski definition) is 2. The Morgan fingerprint density at radius 2 is 2.19 bits per heavy atom. The summed E-state index contributed by atoms with van der Waals surface area (Å²) in [5, 5.41) is 3.64. The van der Waals surface area contributed by atoms with Gasteiger partial charge in [-0.1, -0.05) is 23.7 Å². The van der Waals surface area contributed by atoms with Crippen LogP contribution in [0.3, 0.4) is 0 Å². The number of hydrogen-bond donors (Lipinski definition) is 0. The molecule has 0 amide bonds. The van der Waals surface area contributed by atoms with Crippen LogP contribution in [0.15, 0.2) is 35.0 Å². The van der Waals surface area contributed by atoms with E-state index in [2.05, 4.69) is 0 Å². The number of carbonyl (C=O) groups excluding carboxylic acids is 1. The van der Waals surface area contributed by atoms with Crippen molar-refractivity contribution in [3.63, 3.8) is 0 Å². The monoisotopic (exact) mass is 254 g/mol. The summed E-state index contributed by atoms with van der Waals surface area (Å²) in [6.45, 7) is 0. The fourth-order valence-electron chi connectivity index (χ4n) is 1.38. The molecule has 0 fully saturated rings. The van der Waals surface area contributed by atoms with E-state index in [4.69, 9.17) is 11.6 Å². The van der Waals surface area contributed by atoms with Gasteiger partial charge in [-0.05, 0) is 23.1 Å². The highest BCUT2D eigenvalue weighted by molar-refractivity contribution is 7.08. The van der Waals surface area contributed by atoms with Crippen molar-refractivity contribution in [3.05, 3.63) is 57.0 Å². The number of Topliss-reactive ketones (excluding diaryl/α,β-unsaturated/α-hetero) is 1. The summed E-state index contributed by atoms with van der Waals surface area (Å²) in [5.41, 5.74) is 1.17. The lowest BCUT2D eigenvalue weighted by atomic mass is 10.1. The number of benzene rings is 1. The Labute approximate surface area is 101 Å². The van der Waals surface area contributed by atoms with Crippen molar-refractivity contribution < 1.29 is 9.18 Å². The summed E-state index contributed by atoms with van der Waals surface area (Å²) < 4.78 is 13.1.